The van der Waals surface area contributed by atoms with Crippen LogP contribution in [0.25, 0.3) is 10.8 Å². The van der Waals surface area contributed by atoms with Crippen molar-refractivity contribution in [3.63, 3.8) is 0 Å². The molecule has 3 aromatic carbocycles. The molecular formula is C23H24N2O4S. The largest absolute Gasteiger partial charge is 0.507 e. The lowest BCUT2D eigenvalue weighted by Crippen LogP contribution is -2.37. The Morgan fingerprint density at radius 1 is 0.900 bits per heavy atom. The second kappa shape index (κ2) is 8.08. The molecule has 0 spiro atoms. The quantitative estimate of drug-likeness (QED) is 0.699. The van der Waals surface area contributed by atoms with E-state index in [1.54, 1.807) is 41.3 Å². The maximum atomic E-state index is 13.1. The zero-order chi connectivity index (χ0) is 21.3. The van der Waals surface area contributed by atoms with Crippen molar-refractivity contribution in [3.05, 3.63) is 71.8 Å². The van der Waals surface area contributed by atoms with Gasteiger partial charge in [-0.2, -0.15) is 4.31 Å². The Morgan fingerprint density at radius 2 is 1.57 bits per heavy atom. The third kappa shape index (κ3) is 3.91. The van der Waals surface area contributed by atoms with Crippen molar-refractivity contribution in [2.45, 2.75) is 18.2 Å². The van der Waals surface area contributed by atoms with Crippen molar-refractivity contribution in [2.75, 3.05) is 26.2 Å². The Morgan fingerprint density at radius 3 is 2.27 bits per heavy atom. The Bertz CT molecular complexity index is 1190. The highest BCUT2D eigenvalue weighted by Gasteiger charge is 2.29. The molecule has 1 aliphatic heterocycles. The topological polar surface area (TPSA) is 77.9 Å². The molecule has 1 heterocycles. The molecule has 0 aliphatic carbocycles. The maximum absolute atomic E-state index is 13.1. The second-order valence-electron chi connectivity index (χ2n) is 7.58. The molecule has 0 unspecified atom stereocenters. The van der Waals surface area contributed by atoms with Crippen molar-refractivity contribution >= 4 is 26.7 Å². The van der Waals surface area contributed by atoms with Crippen LogP contribution in [0.3, 0.4) is 0 Å². The standard InChI is InChI=1S/C23H24N2O4S/c1-17-7-9-20(10-8-17)30(28,29)25-12-4-11-24(13-14-25)23(27)21-15-18-5-2-3-6-19(18)16-22(21)26/h2-3,5-10,15-16,26H,4,11-14H2,1H3. The Balaban J connectivity index is 1.54. The fourth-order valence-corrected chi connectivity index (χ4v) is 5.24. The van der Waals surface area contributed by atoms with Gasteiger partial charge in [-0.15, -0.1) is 0 Å². The Labute approximate surface area is 176 Å². The number of aryl methyl sites for hydroxylation is 1. The van der Waals surface area contributed by atoms with Gasteiger partial charge in [-0.1, -0.05) is 42.0 Å². The van der Waals surface area contributed by atoms with Crippen LogP contribution < -0.4 is 0 Å². The zero-order valence-corrected chi connectivity index (χ0v) is 17.6. The first-order valence-corrected chi connectivity index (χ1v) is 11.4. The predicted molar refractivity (Wildman–Crippen MR) is 116 cm³/mol. The van der Waals surface area contributed by atoms with Crippen LogP contribution in [0.1, 0.15) is 22.3 Å². The summed E-state index contributed by atoms with van der Waals surface area (Å²) in [7, 11) is -3.61. The first-order valence-electron chi connectivity index (χ1n) is 9.94. The number of phenolic OH excluding ortho intramolecular Hbond substituents is 1. The summed E-state index contributed by atoms with van der Waals surface area (Å²) >= 11 is 0. The number of fused-ring (bicyclic) bond motifs is 1. The van der Waals surface area contributed by atoms with Crippen LogP contribution in [0.15, 0.2) is 65.6 Å². The number of nitrogens with zero attached hydrogens (tertiary/aromatic N) is 2. The molecule has 0 atom stereocenters. The lowest BCUT2D eigenvalue weighted by molar-refractivity contribution is 0.0761. The molecule has 7 heteroatoms. The van der Waals surface area contributed by atoms with Gasteiger partial charge in [-0.05, 0) is 48.4 Å². The third-order valence-corrected chi connectivity index (χ3v) is 7.41. The average molecular weight is 425 g/mol. The number of hydrogen-bond donors (Lipinski definition) is 1. The molecule has 0 bridgehead atoms. The fourth-order valence-electron chi connectivity index (χ4n) is 3.77. The summed E-state index contributed by atoms with van der Waals surface area (Å²) in [5.41, 5.74) is 1.24. The highest BCUT2D eigenvalue weighted by molar-refractivity contribution is 7.89. The number of rotatable bonds is 3. The van der Waals surface area contributed by atoms with Gasteiger partial charge in [0.25, 0.3) is 5.91 Å². The number of aromatic hydroxyl groups is 1. The summed E-state index contributed by atoms with van der Waals surface area (Å²) < 4.78 is 27.4. The molecule has 1 fully saturated rings. The van der Waals surface area contributed by atoms with Crippen molar-refractivity contribution < 1.29 is 18.3 Å². The molecule has 0 aromatic heterocycles. The van der Waals surface area contributed by atoms with Crippen molar-refractivity contribution in [2.24, 2.45) is 0 Å². The van der Waals surface area contributed by atoms with Crippen LogP contribution in [0, 0.1) is 6.92 Å². The number of carbonyl (C=O) groups is 1. The van der Waals surface area contributed by atoms with Gasteiger partial charge in [0.2, 0.25) is 10.0 Å². The van der Waals surface area contributed by atoms with E-state index in [4.69, 9.17) is 0 Å². The first kappa shape index (κ1) is 20.4. The van der Waals surface area contributed by atoms with Gasteiger partial charge >= 0.3 is 0 Å². The highest BCUT2D eigenvalue weighted by atomic mass is 32.2. The van der Waals surface area contributed by atoms with Crippen LogP contribution >= 0.6 is 0 Å². The van der Waals surface area contributed by atoms with E-state index in [1.165, 1.54) is 4.31 Å². The van der Waals surface area contributed by atoms with E-state index in [1.807, 2.05) is 31.2 Å². The normalized spacial score (nSPS) is 15.8. The van der Waals surface area contributed by atoms with Crippen molar-refractivity contribution in [3.8, 4) is 5.75 Å². The molecule has 30 heavy (non-hydrogen) atoms. The van der Waals surface area contributed by atoms with Gasteiger partial charge in [0, 0.05) is 26.2 Å². The van der Waals surface area contributed by atoms with Gasteiger partial charge in [0.1, 0.15) is 5.75 Å². The molecule has 6 nitrogen and oxygen atoms in total. The van der Waals surface area contributed by atoms with Gasteiger partial charge in [0.05, 0.1) is 10.5 Å². The van der Waals surface area contributed by atoms with Crippen molar-refractivity contribution in [1.82, 2.24) is 9.21 Å². The lowest BCUT2D eigenvalue weighted by atomic mass is 10.0. The third-order valence-electron chi connectivity index (χ3n) is 5.50. The molecule has 1 N–H and O–H groups in total. The molecule has 3 aromatic rings. The minimum absolute atomic E-state index is 0.0629. The fraction of sp³-hybridized carbons (Fsp3) is 0.261. The maximum Gasteiger partial charge on any atom is 0.257 e. The lowest BCUT2D eigenvalue weighted by Gasteiger charge is -2.22. The minimum atomic E-state index is -3.61. The summed E-state index contributed by atoms with van der Waals surface area (Å²) in [5.74, 6) is -0.347. The summed E-state index contributed by atoms with van der Waals surface area (Å²) in [4.78, 5) is 15.0. The molecule has 1 saturated heterocycles. The van der Waals surface area contributed by atoms with E-state index < -0.39 is 10.0 Å². The smallest absolute Gasteiger partial charge is 0.257 e. The van der Waals surface area contributed by atoms with E-state index in [-0.39, 0.29) is 35.2 Å². The monoisotopic (exact) mass is 424 g/mol. The van der Waals surface area contributed by atoms with E-state index in [9.17, 15) is 18.3 Å². The molecule has 0 radical (unpaired) electrons. The number of sulfonamides is 1. The van der Waals surface area contributed by atoms with Gasteiger partial charge in [0.15, 0.2) is 0 Å². The van der Waals surface area contributed by atoms with E-state index >= 15 is 0 Å². The summed E-state index contributed by atoms with van der Waals surface area (Å²) in [5, 5.41) is 12.1. The van der Waals surface area contributed by atoms with Crippen LogP contribution in [0.5, 0.6) is 5.75 Å². The number of benzene rings is 3. The van der Waals surface area contributed by atoms with Crippen LogP contribution in [0.2, 0.25) is 0 Å². The van der Waals surface area contributed by atoms with Crippen molar-refractivity contribution in [1.29, 1.82) is 0 Å². The number of phenols is 1. The molecular weight excluding hydrogens is 400 g/mol. The second-order valence-corrected chi connectivity index (χ2v) is 9.52. The molecule has 0 saturated carbocycles. The van der Waals surface area contributed by atoms with Crippen LogP contribution in [0.4, 0.5) is 0 Å². The van der Waals surface area contributed by atoms with E-state index in [0.717, 1.165) is 16.3 Å². The highest BCUT2D eigenvalue weighted by Crippen LogP contribution is 2.27. The summed E-state index contributed by atoms with van der Waals surface area (Å²) in [6, 6.07) is 17.6. The SMILES string of the molecule is Cc1ccc(S(=O)(=O)N2CCCN(C(=O)c3cc4ccccc4cc3O)CC2)cc1. The van der Waals surface area contributed by atoms with Gasteiger partial charge < -0.3 is 10.0 Å². The first-order chi connectivity index (χ1) is 14.4. The summed E-state index contributed by atoms with van der Waals surface area (Å²) in [6.07, 6.45) is 0.533. The molecule has 4 rings (SSSR count). The van der Waals surface area contributed by atoms with Crippen LogP contribution in [-0.2, 0) is 10.0 Å². The molecule has 1 aliphatic rings. The van der Waals surface area contributed by atoms with Crippen LogP contribution in [-0.4, -0.2) is 54.8 Å². The number of hydrogen-bond acceptors (Lipinski definition) is 4. The number of amides is 1. The Kier molecular flexibility index (Phi) is 5.49. The van der Waals surface area contributed by atoms with E-state index in [2.05, 4.69) is 0 Å². The Hall–Kier alpha value is -2.90. The molecule has 156 valence electrons. The minimum Gasteiger partial charge on any atom is -0.507 e. The number of carbonyl (C=O) groups excluding carboxylic acids is 1. The van der Waals surface area contributed by atoms with Gasteiger partial charge in [-0.3, -0.25) is 4.79 Å². The summed E-state index contributed by atoms with van der Waals surface area (Å²) in [6.45, 7) is 3.19. The zero-order valence-electron chi connectivity index (χ0n) is 16.8. The average Bonchev–Trinajstić information content (AvgIpc) is 3.00. The van der Waals surface area contributed by atoms with E-state index in [0.29, 0.717) is 19.5 Å². The predicted octanol–water partition coefficient (Wildman–Crippen LogP) is 3.39. The molecule has 1 amide bonds. The van der Waals surface area contributed by atoms with Gasteiger partial charge in [-0.25, -0.2) is 8.42 Å².